The first-order valence-corrected chi connectivity index (χ1v) is 6.71. The number of methoxy groups -OCH3 is 1. The van der Waals surface area contributed by atoms with Gasteiger partial charge in [0, 0.05) is 17.0 Å². The van der Waals surface area contributed by atoms with Crippen LogP contribution in [0.4, 0.5) is 0 Å². The van der Waals surface area contributed by atoms with Gasteiger partial charge in [-0.1, -0.05) is 6.07 Å². The number of ether oxygens (including phenoxy) is 1. The second-order valence-electron chi connectivity index (χ2n) is 4.18. The molecule has 0 saturated carbocycles. The highest BCUT2D eigenvalue weighted by atomic mass is 32.1. The summed E-state index contributed by atoms with van der Waals surface area (Å²) in [6.45, 7) is 1.97. The Balaban J connectivity index is 2.17. The first-order chi connectivity index (χ1) is 8.40. The molecule has 3 heteroatoms. The van der Waals surface area contributed by atoms with Crippen molar-refractivity contribution in [3.63, 3.8) is 0 Å². The Labute approximate surface area is 105 Å². The van der Waals surface area contributed by atoms with Crippen molar-refractivity contribution in [2.45, 2.75) is 13.0 Å². The van der Waals surface area contributed by atoms with Crippen molar-refractivity contribution in [3.05, 3.63) is 40.8 Å². The maximum Gasteiger partial charge on any atom is 0.123 e. The first-order valence-electron chi connectivity index (χ1n) is 5.83. The first kappa shape index (κ1) is 10.8. The lowest BCUT2D eigenvalue weighted by Crippen LogP contribution is -2.24. The molecule has 0 spiro atoms. The van der Waals surface area contributed by atoms with Crippen molar-refractivity contribution in [2.24, 2.45) is 0 Å². The van der Waals surface area contributed by atoms with Gasteiger partial charge in [0.1, 0.15) is 5.75 Å². The lowest BCUT2D eigenvalue weighted by molar-refractivity contribution is 0.405. The van der Waals surface area contributed by atoms with Gasteiger partial charge in [0.25, 0.3) is 0 Å². The SMILES string of the molecule is COc1ccc(-c2cccs2)c2c1CNCC2. The van der Waals surface area contributed by atoms with Crippen LogP contribution in [0, 0.1) is 0 Å². The topological polar surface area (TPSA) is 21.3 Å². The zero-order chi connectivity index (χ0) is 11.7. The van der Waals surface area contributed by atoms with E-state index in [-0.39, 0.29) is 0 Å². The number of thiophene rings is 1. The summed E-state index contributed by atoms with van der Waals surface area (Å²) in [6.07, 6.45) is 1.08. The summed E-state index contributed by atoms with van der Waals surface area (Å²) in [5, 5.41) is 5.54. The molecule has 1 aliphatic rings. The fourth-order valence-electron chi connectivity index (χ4n) is 2.43. The average Bonchev–Trinajstić information content (AvgIpc) is 2.91. The van der Waals surface area contributed by atoms with Crippen LogP contribution in [0.3, 0.4) is 0 Å². The van der Waals surface area contributed by atoms with Crippen LogP contribution < -0.4 is 10.1 Å². The van der Waals surface area contributed by atoms with Gasteiger partial charge in [-0.25, -0.2) is 0 Å². The van der Waals surface area contributed by atoms with E-state index in [2.05, 4.69) is 35.0 Å². The molecular weight excluding hydrogens is 230 g/mol. The van der Waals surface area contributed by atoms with E-state index in [0.717, 1.165) is 25.3 Å². The quantitative estimate of drug-likeness (QED) is 0.878. The number of hydrogen-bond donors (Lipinski definition) is 1. The second-order valence-corrected chi connectivity index (χ2v) is 5.12. The summed E-state index contributed by atoms with van der Waals surface area (Å²) >= 11 is 1.80. The van der Waals surface area contributed by atoms with Gasteiger partial charge in [-0.15, -0.1) is 11.3 Å². The fraction of sp³-hybridized carbons (Fsp3) is 0.286. The van der Waals surface area contributed by atoms with Crippen LogP contribution in [0.5, 0.6) is 5.75 Å². The van der Waals surface area contributed by atoms with Crippen LogP contribution in [0.25, 0.3) is 10.4 Å². The minimum absolute atomic E-state index is 0.914. The Morgan fingerprint density at radius 2 is 2.18 bits per heavy atom. The molecule has 3 rings (SSSR count). The third-order valence-corrected chi connectivity index (χ3v) is 4.15. The molecule has 0 unspecified atom stereocenters. The van der Waals surface area contributed by atoms with E-state index < -0.39 is 0 Å². The summed E-state index contributed by atoms with van der Waals surface area (Å²) < 4.78 is 5.45. The van der Waals surface area contributed by atoms with Crippen LogP contribution in [-0.4, -0.2) is 13.7 Å². The predicted molar refractivity (Wildman–Crippen MR) is 71.7 cm³/mol. The van der Waals surface area contributed by atoms with Gasteiger partial charge in [-0.05, 0) is 47.7 Å². The molecule has 1 aliphatic heterocycles. The van der Waals surface area contributed by atoms with Crippen LogP contribution in [0.2, 0.25) is 0 Å². The van der Waals surface area contributed by atoms with Gasteiger partial charge in [0.05, 0.1) is 7.11 Å². The predicted octanol–water partition coefficient (Wildman–Crippen LogP) is 3.07. The van der Waals surface area contributed by atoms with Crippen molar-refractivity contribution < 1.29 is 4.74 Å². The molecule has 2 nitrogen and oxygen atoms in total. The Morgan fingerprint density at radius 3 is 2.94 bits per heavy atom. The van der Waals surface area contributed by atoms with Crippen LogP contribution in [0.15, 0.2) is 29.6 Å². The summed E-state index contributed by atoms with van der Waals surface area (Å²) in [7, 11) is 1.75. The van der Waals surface area contributed by atoms with Gasteiger partial charge in [0.2, 0.25) is 0 Å². The number of nitrogens with one attached hydrogen (secondary N) is 1. The molecule has 0 aliphatic carbocycles. The zero-order valence-corrected chi connectivity index (χ0v) is 10.6. The average molecular weight is 245 g/mol. The standard InChI is InChI=1S/C14H15NOS/c1-16-13-5-4-11(14-3-2-8-17-14)10-6-7-15-9-12(10)13/h2-5,8,15H,6-7,9H2,1H3. The molecule has 2 heterocycles. The number of hydrogen-bond acceptors (Lipinski definition) is 3. The molecule has 17 heavy (non-hydrogen) atoms. The normalized spacial score (nSPS) is 14.4. The summed E-state index contributed by atoms with van der Waals surface area (Å²) in [5.41, 5.74) is 4.15. The van der Waals surface area contributed by atoms with Crippen molar-refractivity contribution in [2.75, 3.05) is 13.7 Å². The largest absolute Gasteiger partial charge is 0.496 e. The van der Waals surface area contributed by atoms with Gasteiger partial charge in [0.15, 0.2) is 0 Å². The lowest BCUT2D eigenvalue weighted by Gasteiger charge is -2.22. The van der Waals surface area contributed by atoms with Crippen LogP contribution in [-0.2, 0) is 13.0 Å². The van der Waals surface area contributed by atoms with E-state index in [9.17, 15) is 0 Å². The van der Waals surface area contributed by atoms with E-state index in [4.69, 9.17) is 4.74 Å². The Morgan fingerprint density at radius 1 is 1.24 bits per heavy atom. The van der Waals surface area contributed by atoms with E-state index in [0.29, 0.717) is 0 Å². The Kier molecular flexibility index (Phi) is 2.87. The molecular formula is C14H15NOS. The maximum absolute atomic E-state index is 5.45. The molecule has 2 aromatic rings. The molecule has 1 aromatic heterocycles. The minimum atomic E-state index is 0.914. The van der Waals surface area contributed by atoms with E-state index >= 15 is 0 Å². The molecule has 0 fully saturated rings. The third kappa shape index (κ3) is 1.85. The summed E-state index contributed by atoms with van der Waals surface area (Å²) in [4.78, 5) is 1.35. The maximum atomic E-state index is 5.45. The van der Waals surface area contributed by atoms with E-state index in [1.807, 2.05) is 0 Å². The molecule has 0 atom stereocenters. The molecule has 1 aromatic carbocycles. The number of rotatable bonds is 2. The fourth-order valence-corrected chi connectivity index (χ4v) is 3.21. The van der Waals surface area contributed by atoms with E-state index in [1.54, 1.807) is 18.4 Å². The molecule has 0 bridgehead atoms. The Hall–Kier alpha value is -1.32. The number of benzene rings is 1. The highest BCUT2D eigenvalue weighted by Crippen LogP contribution is 2.35. The molecule has 0 amide bonds. The smallest absolute Gasteiger partial charge is 0.123 e. The van der Waals surface area contributed by atoms with Crippen LogP contribution >= 0.6 is 11.3 Å². The lowest BCUT2D eigenvalue weighted by atomic mass is 9.94. The summed E-state index contributed by atoms with van der Waals surface area (Å²) in [6, 6.07) is 8.57. The summed E-state index contributed by atoms with van der Waals surface area (Å²) in [5.74, 6) is 1.01. The van der Waals surface area contributed by atoms with Gasteiger partial charge in [-0.3, -0.25) is 0 Å². The van der Waals surface area contributed by atoms with Crippen molar-refractivity contribution in [3.8, 4) is 16.2 Å². The van der Waals surface area contributed by atoms with Gasteiger partial charge >= 0.3 is 0 Å². The highest BCUT2D eigenvalue weighted by Gasteiger charge is 2.18. The van der Waals surface area contributed by atoms with Crippen molar-refractivity contribution >= 4 is 11.3 Å². The third-order valence-electron chi connectivity index (χ3n) is 3.25. The minimum Gasteiger partial charge on any atom is -0.496 e. The van der Waals surface area contributed by atoms with Gasteiger partial charge < -0.3 is 10.1 Å². The Bertz CT molecular complexity index is 519. The monoisotopic (exact) mass is 245 g/mol. The molecule has 0 radical (unpaired) electrons. The zero-order valence-electron chi connectivity index (χ0n) is 9.82. The van der Waals surface area contributed by atoms with E-state index in [1.165, 1.54) is 21.6 Å². The molecule has 1 N–H and O–H groups in total. The molecule has 0 saturated heterocycles. The van der Waals surface area contributed by atoms with Gasteiger partial charge in [-0.2, -0.15) is 0 Å². The molecule has 88 valence electrons. The van der Waals surface area contributed by atoms with Crippen molar-refractivity contribution in [1.29, 1.82) is 0 Å². The van der Waals surface area contributed by atoms with Crippen LogP contribution in [0.1, 0.15) is 11.1 Å². The highest BCUT2D eigenvalue weighted by molar-refractivity contribution is 7.13. The second kappa shape index (κ2) is 4.51. The van der Waals surface area contributed by atoms with Crippen molar-refractivity contribution in [1.82, 2.24) is 5.32 Å². The number of fused-ring (bicyclic) bond motifs is 1.